The van der Waals surface area contributed by atoms with E-state index < -0.39 is 0 Å². The Labute approximate surface area is 183 Å². The summed E-state index contributed by atoms with van der Waals surface area (Å²) in [5.41, 5.74) is 3.82. The van der Waals surface area contributed by atoms with E-state index in [-0.39, 0.29) is 18.0 Å². The van der Waals surface area contributed by atoms with E-state index in [9.17, 15) is 9.59 Å². The summed E-state index contributed by atoms with van der Waals surface area (Å²) in [7, 11) is 0. The molecule has 1 aromatic heterocycles. The summed E-state index contributed by atoms with van der Waals surface area (Å²) in [6.07, 6.45) is 3.02. The lowest BCUT2D eigenvalue weighted by atomic mass is 10.0. The van der Waals surface area contributed by atoms with Crippen LogP contribution in [-0.4, -0.2) is 45.8 Å². The Hall–Kier alpha value is -3.34. The van der Waals surface area contributed by atoms with Crippen LogP contribution in [0.4, 0.5) is 10.5 Å². The Bertz CT molecular complexity index is 939. The van der Waals surface area contributed by atoms with Gasteiger partial charge >= 0.3 is 6.03 Å². The number of carbonyl (C=O) groups is 2. The minimum atomic E-state index is -0.213. The molecule has 8 heteroatoms. The van der Waals surface area contributed by atoms with E-state index in [1.807, 2.05) is 53.8 Å². The minimum absolute atomic E-state index is 0.0654. The molecule has 164 valence electrons. The van der Waals surface area contributed by atoms with Gasteiger partial charge in [0.25, 0.3) is 0 Å². The van der Waals surface area contributed by atoms with E-state index in [1.165, 1.54) is 0 Å². The smallest absolute Gasteiger partial charge is 0.319 e. The number of benzene rings is 1. The third-order valence-corrected chi connectivity index (χ3v) is 5.77. The van der Waals surface area contributed by atoms with Crippen molar-refractivity contribution in [1.82, 2.24) is 20.0 Å². The number of urea groups is 1. The number of carbonyl (C=O) groups excluding carboxylic acids is 2. The zero-order valence-electron chi connectivity index (χ0n) is 18.2. The maximum Gasteiger partial charge on any atom is 0.319 e. The van der Waals surface area contributed by atoms with Crippen LogP contribution in [0.3, 0.4) is 0 Å². The van der Waals surface area contributed by atoms with Crippen LogP contribution in [-0.2, 0) is 17.8 Å². The molecule has 3 amide bonds. The molecule has 0 saturated carbocycles. The van der Waals surface area contributed by atoms with Crippen LogP contribution in [0.1, 0.15) is 42.6 Å². The highest BCUT2D eigenvalue weighted by molar-refractivity contribution is 5.89. The van der Waals surface area contributed by atoms with Gasteiger partial charge in [-0.2, -0.15) is 10.4 Å². The van der Waals surface area contributed by atoms with E-state index in [4.69, 9.17) is 5.26 Å². The molecule has 0 atom stereocenters. The lowest BCUT2D eigenvalue weighted by molar-refractivity contribution is -0.132. The molecule has 1 aliphatic rings. The van der Waals surface area contributed by atoms with E-state index in [0.29, 0.717) is 38.9 Å². The molecule has 2 aromatic rings. The number of para-hydroxylation sites is 1. The number of aromatic nitrogens is 2. The lowest BCUT2D eigenvalue weighted by Gasteiger charge is -2.32. The monoisotopic (exact) mass is 422 g/mol. The van der Waals surface area contributed by atoms with Crippen LogP contribution in [0.15, 0.2) is 30.3 Å². The predicted molar refractivity (Wildman–Crippen MR) is 118 cm³/mol. The SMILES string of the molecule is Cc1nn(CCC#N)c(C)c1CCC(=O)N1CCC(NC(=O)Nc2ccccc2)CC1. The number of aryl methyl sites for hydroxylation is 2. The number of nitriles is 1. The van der Waals surface area contributed by atoms with Crippen molar-refractivity contribution in [3.05, 3.63) is 47.3 Å². The topological polar surface area (TPSA) is 103 Å². The summed E-state index contributed by atoms with van der Waals surface area (Å²) in [5.74, 6) is 0.135. The van der Waals surface area contributed by atoms with Gasteiger partial charge in [0.05, 0.1) is 24.7 Å². The molecule has 0 spiro atoms. The fourth-order valence-electron chi connectivity index (χ4n) is 4.01. The van der Waals surface area contributed by atoms with Gasteiger partial charge in [-0.3, -0.25) is 9.48 Å². The molecule has 1 saturated heterocycles. The highest BCUT2D eigenvalue weighted by Crippen LogP contribution is 2.18. The van der Waals surface area contributed by atoms with Crippen LogP contribution in [0.5, 0.6) is 0 Å². The average Bonchev–Trinajstić information content (AvgIpc) is 3.04. The first-order valence-electron chi connectivity index (χ1n) is 10.8. The van der Waals surface area contributed by atoms with Gasteiger partial charge in [0.2, 0.25) is 5.91 Å². The van der Waals surface area contributed by atoms with E-state index in [2.05, 4.69) is 21.8 Å². The van der Waals surface area contributed by atoms with Crippen molar-refractivity contribution < 1.29 is 9.59 Å². The number of rotatable bonds is 7. The third kappa shape index (κ3) is 6.07. The molecule has 31 heavy (non-hydrogen) atoms. The molecule has 2 N–H and O–H groups in total. The molecule has 2 heterocycles. The first-order chi connectivity index (χ1) is 15.0. The number of nitrogens with one attached hydrogen (secondary N) is 2. The number of hydrogen-bond acceptors (Lipinski definition) is 4. The molecule has 0 bridgehead atoms. The number of nitrogens with zero attached hydrogens (tertiary/aromatic N) is 4. The van der Waals surface area contributed by atoms with E-state index in [1.54, 1.807) is 0 Å². The number of amides is 3. The average molecular weight is 423 g/mol. The highest BCUT2D eigenvalue weighted by Gasteiger charge is 2.24. The van der Waals surface area contributed by atoms with E-state index >= 15 is 0 Å². The fraction of sp³-hybridized carbons (Fsp3) is 0.478. The minimum Gasteiger partial charge on any atom is -0.343 e. The standard InChI is InChI=1S/C23H30N6O2/c1-17-21(18(2)29(27-17)14-6-13-24)9-10-22(30)28-15-11-20(12-16-28)26-23(31)25-19-7-4-3-5-8-19/h3-5,7-8,20H,6,9-12,14-16H2,1-2H3,(H2,25,26,31). The maximum atomic E-state index is 12.7. The van der Waals surface area contributed by atoms with Crippen LogP contribution in [0, 0.1) is 25.2 Å². The van der Waals surface area contributed by atoms with Gasteiger partial charge in [0.1, 0.15) is 0 Å². The second kappa shape index (κ2) is 10.6. The summed E-state index contributed by atoms with van der Waals surface area (Å²) in [5, 5.41) is 19.1. The van der Waals surface area contributed by atoms with Crippen LogP contribution in [0.2, 0.25) is 0 Å². The molecular weight excluding hydrogens is 392 g/mol. The molecule has 8 nitrogen and oxygen atoms in total. The van der Waals surface area contributed by atoms with Crippen LogP contribution < -0.4 is 10.6 Å². The molecule has 0 aliphatic carbocycles. The second-order valence-electron chi connectivity index (χ2n) is 7.90. The molecule has 3 rings (SSSR count). The van der Waals surface area contributed by atoms with Crippen molar-refractivity contribution in [3.8, 4) is 6.07 Å². The summed E-state index contributed by atoms with van der Waals surface area (Å²) in [6.45, 7) is 5.82. The first-order valence-corrected chi connectivity index (χ1v) is 10.8. The Balaban J connectivity index is 1.43. The normalized spacial score (nSPS) is 14.2. The van der Waals surface area contributed by atoms with Crippen molar-refractivity contribution in [2.45, 2.75) is 58.5 Å². The second-order valence-corrected chi connectivity index (χ2v) is 7.90. The molecule has 0 radical (unpaired) electrons. The zero-order valence-corrected chi connectivity index (χ0v) is 18.2. The number of piperidine rings is 1. The number of likely N-dealkylation sites (tertiary alicyclic amines) is 1. The largest absolute Gasteiger partial charge is 0.343 e. The van der Waals surface area contributed by atoms with Crippen molar-refractivity contribution in [2.75, 3.05) is 18.4 Å². The van der Waals surface area contributed by atoms with Crippen molar-refractivity contribution in [3.63, 3.8) is 0 Å². The lowest BCUT2D eigenvalue weighted by Crippen LogP contribution is -2.47. The molecule has 1 aliphatic heterocycles. The fourth-order valence-corrected chi connectivity index (χ4v) is 4.01. The summed E-state index contributed by atoms with van der Waals surface area (Å²) < 4.78 is 1.86. The summed E-state index contributed by atoms with van der Waals surface area (Å²) in [6, 6.07) is 11.3. The Kier molecular flexibility index (Phi) is 7.65. The van der Waals surface area contributed by atoms with Gasteiger partial charge in [0.15, 0.2) is 0 Å². The van der Waals surface area contributed by atoms with Gasteiger partial charge in [-0.25, -0.2) is 4.79 Å². The third-order valence-electron chi connectivity index (χ3n) is 5.77. The van der Waals surface area contributed by atoms with Gasteiger partial charge in [-0.05, 0) is 50.8 Å². The van der Waals surface area contributed by atoms with Crippen molar-refractivity contribution in [1.29, 1.82) is 5.26 Å². The zero-order chi connectivity index (χ0) is 22.2. The first kappa shape index (κ1) is 22.3. The maximum absolute atomic E-state index is 12.7. The molecule has 1 fully saturated rings. The highest BCUT2D eigenvalue weighted by atomic mass is 16.2. The predicted octanol–water partition coefficient (Wildman–Crippen LogP) is 3.16. The van der Waals surface area contributed by atoms with Gasteiger partial charge in [0, 0.05) is 36.9 Å². The molecule has 0 unspecified atom stereocenters. The number of hydrogen-bond donors (Lipinski definition) is 2. The van der Waals surface area contributed by atoms with Gasteiger partial charge in [-0.15, -0.1) is 0 Å². The molecular formula is C23H30N6O2. The van der Waals surface area contributed by atoms with Crippen LogP contribution in [0.25, 0.3) is 0 Å². The van der Waals surface area contributed by atoms with Crippen molar-refractivity contribution >= 4 is 17.6 Å². The Morgan fingerprint density at radius 1 is 1.19 bits per heavy atom. The Morgan fingerprint density at radius 3 is 2.58 bits per heavy atom. The van der Waals surface area contributed by atoms with E-state index in [0.717, 1.165) is 35.5 Å². The van der Waals surface area contributed by atoms with Gasteiger partial charge < -0.3 is 15.5 Å². The number of anilines is 1. The van der Waals surface area contributed by atoms with Crippen LogP contribution >= 0.6 is 0 Å². The van der Waals surface area contributed by atoms with Gasteiger partial charge in [-0.1, -0.05) is 18.2 Å². The quantitative estimate of drug-likeness (QED) is 0.715. The summed E-state index contributed by atoms with van der Waals surface area (Å²) in [4.78, 5) is 26.7. The molecule has 1 aromatic carbocycles. The summed E-state index contributed by atoms with van der Waals surface area (Å²) >= 11 is 0. The Morgan fingerprint density at radius 2 is 1.90 bits per heavy atom. The van der Waals surface area contributed by atoms with Crippen molar-refractivity contribution in [2.24, 2.45) is 0 Å².